The van der Waals surface area contributed by atoms with Crippen molar-refractivity contribution in [2.45, 2.75) is 38.9 Å². The molecule has 0 unspecified atom stereocenters. The molecule has 110 valence electrons. The average Bonchev–Trinajstić information content (AvgIpc) is 2.80. The Morgan fingerprint density at radius 2 is 2.11 bits per heavy atom. The van der Waals surface area contributed by atoms with Crippen LogP contribution in [-0.2, 0) is 11.2 Å². The second-order valence-corrected chi connectivity index (χ2v) is 4.38. The molecule has 0 aliphatic rings. The fourth-order valence-corrected chi connectivity index (χ4v) is 1.35. The van der Waals surface area contributed by atoms with Crippen molar-refractivity contribution in [3.05, 3.63) is 11.7 Å². The molecule has 2 atom stereocenters. The maximum atomic E-state index is 11.8. The maximum absolute atomic E-state index is 11.8. The number of ether oxygens (including phenoxy) is 1. The molecule has 0 aliphatic carbocycles. The summed E-state index contributed by atoms with van der Waals surface area (Å²) in [5.74, 6) is 0.797. The molecule has 1 heterocycles. The van der Waals surface area contributed by atoms with Crippen LogP contribution >= 0.6 is 0 Å². The van der Waals surface area contributed by atoms with Crippen LogP contribution in [0.25, 0.3) is 0 Å². The van der Waals surface area contributed by atoms with Crippen molar-refractivity contribution in [1.82, 2.24) is 10.1 Å². The van der Waals surface area contributed by atoms with Crippen molar-refractivity contribution in [3.63, 3.8) is 0 Å². The Morgan fingerprint density at radius 1 is 1.42 bits per heavy atom. The number of nitrogens with zero attached hydrogens (tertiary/aromatic N) is 2. The first-order valence-corrected chi connectivity index (χ1v) is 6.06. The van der Waals surface area contributed by atoms with Crippen LogP contribution in [0.1, 0.15) is 38.0 Å². The van der Waals surface area contributed by atoms with Gasteiger partial charge >= 0.3 is 6.18 Å². The third-order valence-corrected chi connectivity index (χ3v) is 2.76. The lowest BCUT2D eigenvalue weighted by atomic mass is 10.0. The van der Waals surface area contributed by atoms with Crippen LogP contribution in [0.3, 0.4) is 0 Å². The number of nitrogens with two attached hydrogens (primary N) is 1. The van der Waals surface area contributed by atoms with Gasteiger partial charge in [-0.05, 0) is 5.92 Å². The Hall–Kier alpha value is -1.15. The van der Waals surface area contributed by atoms with E-state index >= 15 is 0 Å². The highest BCUT2D eigenvalue weighted by Gasteiger charge is 2.27. The molecule has 0 aromatic carbocycles. The minimum atomic E-state index is -4.32. The van der Waals surface area contributed by atoms with Crippen LogP contribution in [0.2, 0.25) is 0 Å². The number of hydrogen-bond acceptors (Lipinski definition) is 5. The minimum Gasteiger partial charge on any atom is -0.372 e. The third-order valence-electron chi connectivity index (χ3n) is 2.76. The van der Waals surface area contributed by atoms with E-state index in [9.17, 15) is 13.2 Å². The second kappa shape index (κ2) is 6.85. The summed E-state index contributed by atoms with van der Waals surface area (Å²) < 4.78 is 44.9. The number of halogens is 3. The van der Waals surface area contributed by atoms with Gasteiger partial charge in [0.05, 0.1) is 12.6 Å². The predicted molar refractivity (Wildman–Crippen MR) is 61.3 cm³/mol. The molecular weight excluding hydrogens is 263 g/mol. The molecule has 0 spiro atoms. The van der Waals surface area contributed by atoms with Gasteiger partial charge in [-0.3, -0.25) is 0 Å². The van der Waals surface area contributed by atoms with Crippen molar-refractivity contribution < 1.29 is 22.4 Å². The fourth-order valence-electron chi connectivity index (χ4n) is 1.35. The zero-order valence-corrected chi connectivity index (χ0v) is 10.9. The molecule has 1 aromatic rings. The van der Waals surface area contributed by atoms with Gasteiger partial charge in [0.15, 0.2) is 5.82 Å². The zero-order chi connectivity index (χ0) is 14.5. The highest BCUT2D eigenvalue weighted by molar-refractivity contribution is 4.93. The quantitative estimate of drug-likeness (QED) is 0.776. The molecule has 19 heavy (non-hydrogen) atoms. The van der Waals surface area contributed by atoms with E-state index in [0.717, 1.165) is 6.42 Å². The molecule has 0 amide bonds. The minimum absolute atomic E-state index is 0.114. The van der Waals surface area contributed by atoms with Crippen molar-refractivity contribution >= 4 is 0 Å². The van der Waals surface area contributed by atoms with Crippen LogP contribution in [-0.4, -0.2) is 29.5 Å². The highest BCUT2D eigenvalue weighted by atomic mass is 19.4. The standard InChI is InChI=1S/C11H18F3N3O2/c1-3-7(2)9(15)10-16-8(17-19-10)4-5-18-6-11(12,13)14/h7,9H,3-6,15H2,1-2H3/t7-,9-/m0/s1. The number of hydrogen-bond donors (Lipinski definition) is 1. The Kier molecular flexibility index (Phi) is 5.74. The van der Waals surface area contributed by atoms with Gasteiger partial charge in [-0.1, -0.05) is 25.4 Å². The van der Waals surface area contributed by atoms with Crippen LogP contribution in [0.4, 0.5) is 13.2 Å². The van der Waals surface area contributed by atoms with Gasteiger partial charge in [-0.25, -0.2) is 0 Å². The molecule has 0 bridgehead atoms. The average molecular weight is 281 g/mol. The Labute approximate surface area is 109 Å². The molecule has 0 aliphatic heterocycles. The van der Waals surface area contributed by atoms with Crippen LogP contribution in [0, 0.1) is 5.92 Å². The Morgan fingerprint density at radius 3 is 2.68 bits per heavy atom. The normalized spacial score (nSPS) is 15.5. The topological polar surface area (TPSA) is 74.2 Å². The van der Waals surface area contributed by atoms with E-state index < -0.39 is 12.8 Å². The summed E-state index contributed by atoms with van der Waals surface area (Å²) in [4.78, 5) is 4.05. The SMILES string of the molecule is CC[C@H](C)[C@H](N)c1nc(CCOCC(F)(F)F)no1. The maximum Gasteiger partial charge on any atom is 0.411 e. The van der Waals surface area contributed by atoms with Crippen LogP contribution < -0.4 is 5.73 Å². The van der Waals surface area contributed by atoms with E-state index in [-0.39, 0.29) is 25.0 Å². The molecule has 0 fully saturated rings. The van der Waals surface area contributed by atoms with Gasteiger partial charge < -0.3 is 15.0 Å². The van der Waals surface area contributed by atoms with Crippen molar-refractivity contribution in [2.75, 3.05) is 13.2 Å². The third kappa shape index (κ3) is 5.56. The van der Waals surface area contributed by atoms with Crippen molar-refractivity contribution in [1.29, 1.82) is 0 Å². The van der Waals surface area contributed by atoms with E-state index in [4.69, 9.17) is 10.3 Å². The lowest BCUT2D eigenvalue weighted by Gasteiger charge is -2.12. The molecule has 1 aromatic heterocycles. The molecule has 5 nitrogen and oxygen atoms in total. The van der Waals surface area contributed by atoms with E-state index in [1.807, 2.05) is 13.8 Å². The molecule has 0 saturated carbocycles. The van der Waals surface area contributed by atoms with Gasteiger partial charge in [0.2, 0.25) is 5.89 Å². The van der Waals surface area contributed by atoms with Gasteiger partial charge in [0, 0.05) is 6.42 Å². The summed E-state index contributed by atoms with van der Waals surface area (Å²) >= 11 is 0. The first kappa shape index (κ1) is 15.9. The lowest BCUT2D eigenvalue weighted by molar-refractivity contribution is -0.173. The highest BCUT2D eigenvalue weighted by Crippen LogP contribution is 2.20. The Bertz CT molecular complexity index is 382. The van der Waals surface area contributed by atoms with Gasteiger partial charge in [-0.15, -0.1) is 0 Å². The van der Waals surface area contributed by atoms with Crippen molar-refractivity contribution in [2.24, 2.45) is 11.7 Å². The first-order valence-electron chi connectivity index (χ1n) is 6.06. The molecule has 2 N–H and O–H groups in total. The van der Waals surface area contributed by atoms with Crippen molar-refractivity contribution in [3.8, 4) is 0 Å². The number of rotatable bonds is 7. The summed E-state index contributed by atoms with van der Waals surface area (Å²) in [6, 6.07) is -0.359. The fraction of sp³-hybridized carbons (Fsp3) is 0.818. The monoisotopic (exact) mass is 281 g/mol. The molecule has 0 saturated heterocycles. The van der Waals surface area contributed by atoms with E-state index in [1.165, 1.54) is 0 Å². The molecular formula is C11H18F3N3O2. The smallest absolute Gasteiger partial charge is 0.372 e. The predicted octanol–water partition coefficient (Wildman–Crippen LogP) is 2.24. The molecule has 0 radical (unpaired) electrons. The van der Waals surface area contributed by atoms with E-state index in [1.54, 1.807) is 0 Å². The Balaban J connectivity index is 2.39. The van der Waals surface area contributed by atoms with Gasteiger partial charge in [-0.2, -0.15) is 18.2 Å². The molecule has 8 heteroatoms. The largest absolute Gasteiger partial charge is 0.411 e. The summed E-state index contributed by atoms with van der Waals surface area (Å²) in [5, 5.41) is 3.66. The summed E-state index contributed by atoms with van der Waals surface area (Å²) in [6.07, 6.45) is -3.29. The second-order valence-electron chi connectivity index (χ2n) is 4.38. The summed E-state index contributed by atoms with van der Waals surface area (Å²) in [7, 11) is 0. The number of aromatic nitrogens is 2. The molecule has 1 rings (SSSR count). The summed E-state index contributed by atoms with van der Waals surface area (Å²) in [6.45, 7) is 2.56. The van der Waals surface area contributed by atoms with Gasteiger partial charge in [0.25, 0.3) is 0 Å². The van der Waals surface area contributed by atoms with E-state index in [0.29, 0.717) is 11.7 Å². The summed E-state index contributed by atoms with van der Waals surface area (Å²) in [5.41, 5.74) is 5.90. The van der Waals surface area contributed by atoms with Gasteiger partial charge in [0.1, 0.15) is 6.61 Å². The van der Waals surface area contributed by atoms with E-state index in [2.05, 4.69) is 14.9 Å². The first-order chi connectivity index (χ1) is 8.83. The number of alkyl halides is 3. The zero-order valence-electron chi connectivity index (χ0n) is 10.9. The van der Waals surface area contributed by atoms with Crippen LogP contribution in [0.5, 0.6) is 0 Å². The van der Waals surface area contributed by atoms with Crippen LogP contribution in [0.15, 0.2) is 4.52 Å². The lowest BCUT2D eigenvalue weighted by Crippen LogP contribution is -2.19.